The molecule has 118 valence electrons. The minimum Gasteiger partial charge on any atom is -0.481 e. The Morgan fingerprint density at radius 2 is 2.00 bits per heavy atom. The van der Waals surface area contributed by atoms with Crippen molar-refractivity contribution in [3.8, 4) is 0 Å². The van der Waals surface area contributed by atoms with Crippen LogP contribution in [0.1, 0.15) is 33.6 Å². The molecule has 0 saturated carbocycles. The molecule has 1 rings (SSSR count). The number of nitrogens with one attached hydrogen (secondary N) is 2. The normalized spacial score (nSPS) is 18.9. The maximum atomic E-state index is 12.0. The largest absolute Gasteiger partial charge is 0.481 e. The number of carbonyl (C=O) groups is 4. The predicted molar refractivity (Wildman–Crippen MR) is 73.4 cm³/mol. The number of carboxylic acid groups (broad SMARTS) is 1. The number of amides is 4. The van der Waals surface area contributed by atoms with Gasteiger partial charge in [0.15, 0.2) is 0 Å². The Morgan fingerprint density at radius 1 is 1.38 bits per heavy atom. The lowest BCUT2D eigenvalue weighted by atomic mass is 9.85. The van der Waals surface area contributed by atoms with Gasteiger partial charge in [-0.25, -0.2) is 4.79 Å². The average Bonchev–Trinajstić information content (AvgIpc) is 2.29. The molecule has 0 aromatic heterocycles. The molecular formula is C13H21N3O5. The Kier molecular flexibility index (Phi) is 5.28. The molecule has 1 aliphatic heterocycles. The number of carboxylic acids is 1. The summed E-state index contributed by atoms with van der Waals surface area (Å²) in [6.45, 7) is 5.52. The molecular weight excluding hydrogens is 278 g/mol. The lowest BCUT2D eigenvalue weighted by Crippen LogP contribution is -2.59. The molecule has 1 saturated heterocycles. The van der Waals surface area contributed by atoms with Crippen LogP contribution in [0, 0.1) is 5.41 Å². The van der Waals surface area contributed by atoms with Gasteiger partial charge in [0, 0.05) is 19.5 Å². The molecule has 0 aliphatic carbocycles. The van der Waals surface area contributed by atoms with Gasteiger partial charge in [-0.05, 0) is 12.3 Å². The first-order valence-corrected chi connectivity index (χ1v) is 6.72. The monoisotopic (exact) mass is 299 g/mol. The van der Waals surface area contributed by atoms with Gasteiger partial charge in [0.25, 0.3) is 0 Å². The third-order valence-corrected chi connectivity index (χ3v) is 3.27. The number of piperazine rings is 1. The van der Waals surface area contributed by atoms with Crippen molar-refractivity contribution >= 4 is 23.8 Å². The lowest BCUT2D eigenvalue weighted by Gasteiger charge is -2.32. The summed E-state index contributed by atoms with van der Waals surface area (Å²) in [4.78, 5) is 47.2. The van der Waals surface area contributed by atoms with Crippen LogP contribution in [-0.4, -0.2) is 53.0 Å². The van der Waals surface area contributed by atoms with E-state index in [2.05, 4.69) is 10.6 Å². The molecule has 1 atom stereocenters. The summed E-state index contributed by atoms with van der Waals surface area (Å²) in [7, 11) is 0. The van der Waals surface area contributed by atoms with Crippen molar-refractivity contribution in [2.75, 3.05) is 13.1 Å². The van der Waals surface area contributed by atoms with Gasteiger partial charge in [0.2, 0.25) is 11.8 Å². The molecule has 0 radical (unpaired) electrons. The number of imide groups is 1. The van der Waals surface area contributed by atoms with Crippen molar-refractivity contribution in [1.29, 1.82) is 0 Å². The SMILES string of the molecule is CC1C(=O)NCCN1C(=O)NC(=O)CC(C)(C)CC(=O)O. The van der Waals surface area contributed by atoms with E-state index in [-0.39, 0.29) is 18.7 Å². The second-order valence-corrected chi connectivity index (χ2v) is 5.93. The van der Waals surface area contributed by atoms with Crippen molar-refractivity contribution in [3.63, 3.8) is 0 Å². The minimum absolute atomic E-state index is 0.0839. The first-order chi connectivity index (χ1) is 9.62. The van der Waals surface area contributed by atoms with Crippen LogP contribution < -0.4 is 10.6 Å². The van der Waals surface area contributed by atoms with E-state index in [1.807, 2.05) is 0 Å². The average molecular weight is 299 g/mol. The number of nitrogens with zero attached hydrogens (tertiary/aromatic N) is 1. The molecule has 1 heterocycles. The number of hydrogen-bond donors (Lipinski definition) is 3. The predicted octanol–water partition coefficient (Wildman–Crippen LogP) is -0.0661. The molecule has 8 nitrogen and oxygen atoms in total. The van der Waals surface area contributed by atoms with Gasteiger partial charge in [0.1, 0.15) is 6.04 Å². The molecule has 0 aromatic carbocycles. The third-order valence-electron chi connectivity index (χ3n) is 3.27. The first-order valence-electron chi connectivity index (χ1n) is 6.72. The Labute approximate surface area is 122 Å². The Morgan fingerprint density at radius 3 is 2.57 bits per heavy atom. The van der Waals surface area contributed by atoms with Crippen LogP contribution in [-0.2, 0) is 14.4 Å². The number of rotatable bonds is 4. The van der Waals surface area contributed by atoms with E-state index in [9.17, 15) is 19.2 Å². The van der Waals surface area contributed by atoms with Crippen molar-refractivity contribution in [3.05, 3.63) is 0 Å². The molecule has 1 fully saturated rings. The van der Waals surface area contributed by atoms with Crippen LogP contribution in [0.2, 0.25) is 0 Å². The van der Waals surface area contributed by atoms with E-state index in [1.165, 1.54) is 4.90 Å². The first kappa shape index (κ1) is 16.9. The number of aliphatic carboxylic acids is 1. The molecule has 8 heteroatoms. The summed E-state index contributed by atoms with van der Waals surface area (Å²) >= 11 is 0. The Hall–Kier alpha value is -2.12. The second kappa shape index (κ2) is 6.55. The van der Waals surface area contributed by atoms with Crippen molar-refractivity contribution in [2.45, 2.75) is 39.7 Å². The molecule has 1 aliphatic rings. The highest BCUT2D eigenvalue weighted by Crippen LogP contribution is 2.24. The number of urea groups is 1. The van der Waals surface area contributed by atoms with E-state index < -0.39 is 29.4 Å². The summed E-state index contributed by atoms with van der Waals surface area (Å²) in [5.74, 6) is -1.82. The van der Waals surface area contributed by atoms with Crippen LogP contribution >= 0.6 is 0 Å². The van der Waals surface area contributed by atoms with Gasteiger partial charge >= 0.3 is 12.0 Å². The maximum Gasteiger partial charge on any atom is 0.324 e. The van der Waals surface area contributed by atoms with Crippen LogP contribution in [0.3, 0.4) is 0 Å². The van der Waals surface area contributed by atoms with E-state index in [0.717, 1.165) is 0 Å². The van der Waals surface area contributed by atoms with Gasteiger partial charge in [0.05, 0.1) is 6.42 Å². The lowest BCUT2D eigenvalue weighted by molar-refractivity contribution is -0.139. The van der Waals surface area contributed by atoms with Gasteiger partial charge in [-0.15, -0.1) is 0 Å². The van der Waals surface area contributed by atoms with E-state index in [4.69, 9.17) is 5.11 Å². The van der Waals surface area contributed by atoms with Gasteiger partial charge in [-0.1, -0.05) is 13.8 Å². The van der Waals surface area contributed by atoms with Crippen LogP contribution in [0.5, 0.6) is 0 Å². The van der Waals surface area contributed by atoms with Crippen molar-refractivity contribution in [2.24, 2.45) is 5.41 Å². The van der Waals surface area contributed by atoms with Gasteiger partial charge in [-0.3, -0.25) is 19.7 Å². The molecule has 21 heavy (non-hydrogen) atoms. The molecule has 0 aromatic rings. The number of hydrogen-bond acceptors (Lipinski definition) is 4. The van der Waals surface area contributed by atoms with Gasteiger partial charge < -0.3 is 15.3 Å². The fourth-order valence-corrected chi connectivity index (χ4v) is 2.20. The maximum absolute atomic E-state index is 12.0. The minimum atomic E-state index is -1.000. The van der Waals surface area contributed by atoms with Crippen molar-refractivity contribution in [1.82, 2.24) is 15.5 Å². The molecule has 4 amide bonds. The zero-order valence-corrected chi connectivity index (χ0v) is 12.4. The zero-order chi connectivity index (χ0) is 16.2. The van der Waals surface area contributed by atoms with Crippen molar-refractivity contribution < 1.29 is 24.3 Å². The quantitative estimate of drug-likeness (QED) is 0.672. The topological polar surface area (TPSA) is 116 Å². The van der Waals surface area contributed by atoms with E-state index in [1.54, 1.807) is 20.8 Å². The van der Waals surface area contributed by atoms with E-state index >= 15 is 0 Å². The zero-order valence-electron chi connectivity index (χ0n) is 12.4. The number of carbonyl (C=O) groups excluding carboxylic acids is 3. The Balaban J connectivity index is 2.56. The highest BCUT2D eigenvalue weighted by Gasteiger charge is 2.31. The third kappa shape index (κ3) is 5.05. The van der Waals surface area contributed by atoms with Crippen LogP contribution in [0.4, 0.5) is 4.79 Å². The Bertz CT molecular complexity index is 461. The standard InChI is InChI=1S/C13H21N3O5/c1-8-11(20)14-4-5-16(8)12(21)15-9(17)6-13(2,3)7-10(18)19/h8H,4-7H2,1-3H3,(H,14,20)(H,18,19)(H,15,17,21). The van der Waals surface area contributed by atoms with E-state index in [0.29, 0.717) is 13.1 Å². The fraction of sp³-hybridized carbons (Fsp3) is 0.692. The molecule has 0 spiro atoms. The summed E-state index contributed by atoms with van der Waals surface area (Å²) < 4.78 is 0. The summed E-state index contributed by atoms with van der Waals surface area (Å²) in [5, 5.41) is 13.6. The molecule has 3 N–H and O–H groups in total. The highest BCUT2D eigenvalue weighted by atomic mass is 16.4. The molecule has 0 bridgehead atoms. The highest BCUT2D eigenvalue weighted by molar-refractivity contribution is 5.97. The smallest absolute Gasteiger partial charge is 0.324 e. The van der Waals surface area contributed by atoms with Crippen LogP contribution in [0.15, 0.2) is 0 Å². The summed E-state index contributed by atoms with van der Waals surface area (Å²) in [6, 6.07) is -1.27. The second-order valence-electron chi connectivity index (χ2n) is 5.93. The molecule has 1 unspecified atom stereocenters. The summed E-state index contributed by atoms with van der Waals surface area (Å²) in [6.07, 6.45) is -0.253. The van der Waals surface area contributed by atoms with Crippen LogP contribution in [0.25, 0.3) is 0 Å². The summed E-state index contributed by atoms with van der Waals surface area (Å²) in [5.41, 5.74) is -0.749. The van der Waals surface area contributed by atoms with Gasteiger partial charge in [-0.2, -0.15) is 0 Å². The fourth-order valence-electron chi connectivity index (χ4n) is 2.20.